The summed E-state index contributed by atoms with van der Waals surface area (Å²) in [7, 11) is 2.16. The number of hydrogen-bond acceptors (Lipinski definition) is 2. The van der Waals surface area contributed by atoms with E-state index in [0.29, 0.717) is 5.92 Å². The first-order chi connectivity index (χ1) is 9.06. The summed E-state index contributed by atoms with van der Waals surface area (Å²) < 4.78 is 0. The average molecular weight is 260 g/mol. The molecular weight excluding hydrogens is 236 g/mol. The molecule has 0 bridgehead atoms. The number of likely N-dealkylation sites (tertiary alicyclic amines) is 1. The van der Waals surface area contributed by atoms with Gasteiger partial charge >= 0.3 is 0 Å². The van der Waals surface area contributed by atoms with E-state index in [4.69, 9.17) is 0 Å². The molecule has 1 N–H and O–H groups in total. The molecule has 1 heterocycles. The third-order valence-electron chi connectivity index (χ3n) is 4.02. The Morgan fingerprint density at radius 3 is 2.63 bits per heavy atom. The van der Waals surface area contributed by atoms with Crippen molar-refractivity contribution < 1.29 is 4.79 Å². The van der Waals surface area contributed by atoms with E-state index in [0.717, 1.165) is 30.8 Å². The average Bonchev–Trinajstić information content (AvgIpc) is 2.37. The SMILES string of the molecule is Cc1ccc(C(=O)NCC2CCN(C)CC2)c(C)c1. The molecule has 0 aromatic heterocycles. The Hall–Kier alpha value is -1.35. The Morgan fingerprint density at radius 1 is 1.32 bits per heavy atom. The van der Waals surface area contributed by atoms with Crippen LogP contribution in [-0.2, 0) is 0 Å². The molecule has 1 fully saturated rings. The summed E-state index contributed by atoms with van der Waals surface area (Å²) in [6.45, 7) is 7.14. The number of piperidine rings is 1. The van der Waals surface area contributed by atoms with Crippen LogP contribution in [-0.4, -0.2) is 37.5 Å². The molecule has 1 aromatic carbocycles. The van der Waals surface area contributed by atoms with Crippen LogP contribution in [0.2, 0.25) is 0 Å². The van der Waals surface area contributed by atoms with Crippen molar-refractivity contribution in [3.63, 3.8) is 0 Å². The number of aryl methyl sites for hydroxylation is 2. The molecule has 3 heteroatoms. The summed E-state index contributed by atoms with van der Waals surface area (Å²) in [6.07, 6.45) is 2.37. The van der Waals surface area contributed by atoms with Crippen molar-refractivity contribution in [2.24, 2.45) is 5.92 Å². The van der Waals surface area contributed by atoms with Gasteiger partial charge in [-0.05, 0) is 64.4 Å². The van der Waals surface area contributed by atoms with Gasteiger partial charge in [-0.1, -0.05) is 17.7 Å². The van der Waals surface area contributed by atoms with Crippen molar-refractivity contribution in [2.45, 2.75) is 26.7 Å². The van der Waals surface area contributed by atoms with Crippen LogP contribution in [0.5, 0.6) is 0 Å². The summed E-state index contributed by atoms with van der Waals surface area (Å²) in [5, 5.41) is 3.09. The predicted octanol–water partition coefficient (Wildman–Crippen LogP) is 2.38. The quantitative estimate of drug-likeness (QED) is 0.905. The zero-order valence-electron chi connectivity index (χ0n) is 12.2. The minimum absolute atomic E-state index is 0.0661. The summed E-state index contributed by atoms with van der Waals surface area (Å²) in [4.78, 5) is 14.5. The number of carbonyl (C=O) groups excluding carboxylic acids is 1. The van der Waals surface area contributed by atoms with E-state index in [9.17, 15) is 4.79 Å². The highest BCUT2D eigenvalue weighted by Crippen LogP contribution is 2.15. The molecular formula is C16H24N2O. The third-order valence-corrected chi connectivity index (χ3v) is 4.02. The van der Waals surface area contributed by atoms with Crippen molar-refractivity contribution in [3.05, 3.63) is 34.9 Å². The molecule has 19 heavy (non-hydrogen) atoms. The summed E-state index contributed by atoms with van der Waals surface area (Å²) in [5.74, 6) is 0.697. The number of rotatable bonds is 3. The molecule has 1 aromatic rings. The van der Waals surface area contributed by atoms with E-state index >= 15 is 0 Å². The van der Waals surface area contributed by atoms with Crippen LogP contribution in [0.3, 0.4) is 0 Å². The fraction of sp³-hybridized carbons (Fsp3) is 0.562. The first kappa shape index (κ1) is 14.1. The maximum Gasteiger partial charge on any atom is 0.251 e. The van der Waals surface area contributed by atoms with Gasteiger partial charge in [-0.15, -0.1) is 0 Å². The normalized spacial score (nSPS) is 17.4. The van der Waals surface area contributed by atoms with Gasteiger partial charge in [-0.2, -0.15) is 0 Å². The Morgan fingerprint density at radius 2 is 2.00 bits per heavy atom. The Bertz CT molecular complexity index is 448. The Balaban J connectivity index is 1.87. The van der Waals surface area contributed by atoms with Crippen molar-refractivity contribution in [1.29, 1.82) is 0 Å². The van der Waals surface area contributed by atoms with Crippen LogP contribution in [0.15, 0.2) is 18.2 Å². The fourth-order valence-corrected chi connectivity index (χ4v) is 2.67. The van der Waals surface area contributed by atoms with E-state index in [1.807, 2.05) is 26.0 Å². The first-order valence-corrected chi connectivity index (χ1v) is 7.10. The lowest BCUT2D eigenvalue weighted by Crippen LogP contribution is -2.37. The molecule has 1 aliphatic heterocycles. The minimum atomic E-state index is 0.0661. The van der Waals surface area contributed by atoms with Gasteiger partial charge < -0.3 is 10.2 Å². The molecule has 3 nitrogen and oxygen atoms in total. The molecule has 2 rings (SSSR count). The molecule has 0 saturated carbocycles. The monoisotopic (exact) mass is 260 g/mol. The molecule has 0 atom stereocenters. The maximum absolute atomic E-state index is 12.2. The highest BCUT2D eigenvalue weighted by Gasteiger charge is 2.17. The van der Waals surface area contributed by atoms with Crippen LogP contribution >= 0.6 is 0 Å². The minimum Gasteiger partial charge on any atom is -0.352 e. The van der Waals surface area contributed by atoms with Crippen molar-refractivity contribution >= 4 is 5.91 Å². The number of benzene rings is 1. The van der Waals surface area contributed by atoms with E-state index in [1.165, 1.54) is 18.4 Å². The topological polar surface area (TPSA) is 32.3 Å². The molecule has 1 saturated heterocycles. The van der Waals surface area contributed by atoms with Gasteiger partial charge in [0.25, 0.3) is 5.91 Å². The van der Waals surface area contributed by atoms with Gasteiger partial charge in [-0.3, -0.25) is 4.79 Å². The molecule has 0 unspecified atom stereocenters. The van der Waals surface area contributed by atoms with Crippen LogP contribution in [0.4, 0.5) is 0 Å². The van der Waals surface area contributed by atoms with Gasteiger partial charge in [0.1, 0.15) is 0 Å². The smallest absolute Gasteiger partial charge is 0.251 e. The highest BCUT2D eigenvalue weighted by atomic mass is 16.1. The van der Waals surface area contributed by atoms with E-state index in [1.54, 1.807) is 0 Å². The van der Waals surface area contributed by atoms with E-state index < -0.39 is 0 Å². The summed E-state index contributed by atoms with van der Waals surface area (Å²) >= 11 is 0. The number of nitrogens with one attached hydrogen (secondary N) is 1. The van der Waals surface area contributed by atoms with E-state index in [2.05, 4.69) is 23.3 Å². The highest BCUT2D eigenvalue weighted by molar-refractivity contribution is 5.95. The second kappa shape index (κ2) is 6.20. The third kappa shape index (κ3) is 3.80. The van der Waals surface area contributed by atoms with Gasteiger partial charge in [0.2, 0.25) is 0 Å². The second-order valence-corrected chi connectivity index (χ2v) is 5.78. The van der Waals surface area contributed by atoms with Crippen LogP contribution in [0, 0.1) is 19.8 Å². The summed E-state index contributed by atoms with van der Waals surface area (Å²) in [5.41, 5.74) is 3.06. The molecule has 0 spiro atoms. The zero-order chi connectivity index (χ0) is 13.8. The standard InChI is InChI=1S/C16H24N2O/c1-12-4-5-15(13(2)10-12)16(19)17-11-14-6-8-18(3)9-7-14/h4-5,10,14H,6-9,11H2,1-3H3,(H,17,19). The van der Waals surface area contributed by atoms with Gasteiger partial charge in [0.15, 0.2) is 0 Å². The fourth-order valence-electron chi connectivity index (χ4n) is 2.67. The summed E-state index contributed by atoms with van der Waals surface area (Å²) in [6, 6.07) is 5.98. The maximum atomic E-state index is 12.2. The van der Waals surface area contributed by atoms with Crippen molar-refractivity contribution in [3.8, 4) is 0 Å². The number of nitrogens with zero attached hydrogens (tertiary/aromatic N) is 1. The molecule has 0 aliphatic carbocycles. The lowest BCUT2D eigenvalue weighted by Gasteiger charge is -2.29. The largest absolute Gasteiger partial charge is 0.352 e. The van der Waals surface area contributed by atoms with Crippen LogP contribution < -0.4 is 5.32 Å². The number of carbonyl (C=O) groups is 1. The lowest BCUT2D eigenvalue weighted by molar-refractivity contribution is 0.0938. The molecule has 1 aliphatic rings. The Kier molecular flexibility index (Phi) is 4.59. The van der Waals surface area contributed by atoms with E-state index in [-0.39, 0.29) is 5.91 Å². The predicted molar refractivity (Wildman–Crippen MR) is 78.5 cm³/mol. The van der Waals surface area contributed by atoms with Gasteiger partial charge in [0, 0.05) is 12.1 Å². The molecule has 0 radical (unpaired) electrons. The second-order valence-electron chi connectivity index (χ2n) is 5.78. The first-order valence-electron chi connectivity index (χ1n) is 7.10. The van der Waals surface area contributed by atoms with Gasteiger partial charge in [-0.25, -0.2) is 0 Å². The number of hydrogen-bond donors (Lipinski definition) is 1. The molecule has 104 valence electrons. The van der Waals surface area contributed by atoms with Crippen molar-refractivity contribution in [2.75, 3.05) is 26.7 Å². The number of amides is 1. The van der Waals surface area contributed by atoms with Crippen LogP contribution in [0.1, 0.15) is 34.3 Å². The Labute approximate surface area is 116 Å². The van der Waals surface area contributed by atoms with Crippen LogP contribution in [0.25, 0.3) is 0 Å². The van der Waals surface area contributed by atoms with Crippen molar-refractivity contribution in [1.82, 2.24) is 10.2 Å². The zero-order valence-corrected chi connectivity index (χ0v) is 12.2. The molecule has 1 amide bonds. The van der Waals surface area contributed by atoms with Gasteiger partial charge in [0.05, 0.1) is 0 Å². The lowest BCUT2D eigenvalue weighted by atomic mass is 9.97.